The summed E-state index contributed by atoms with van der Waals surface area (Å²) in [5.41, 5.74) is 5.49. The predicted octanol–water partition coefficient (Wildman–Crippen LogP) is 0.239. The molecule has 1 unspecified atom stereocenters. The van der Waals surface area contributed by atoms with Crippen LogP contribution in [0, 0.1) is 0 Å². The number of nitrogens with two attached hydrogens (primary N) is 1. The molecule has 6 heteroatoms. The Morgan fingerprint density at radius 2 is 2.31 bits per heavy atom. The highest BCUT2D eigenvalue weighted by molar-refractivity contribution is 7.89. The SMILES string of the molecule is CC(N)c1ncc(CS(C)(=O)=O)o1. The van der Waals surface area contributed by atoms with Gasteiger partial charge in [0.25, 0.3) is 0 Å². The average Bonchev–Trinajstić information content (AvgIpc) is 2.31. The van der Waals surface area contributed by atoms with E-state index in [0.717, 1.165) is 6.26 Å². The van der Waals surface area contributed by atoms with Gasteiger partial charge in [0.05, 0.1) is 12.2 Å². The van der Waals surface area contributed by atoms with Gasteiger partial charge in [-0.05, 0) is 6.92 Å². The number of hydrogen-bond donors (Lipinski definition) is 1. The number of oxazole rings is 1. The highest BCUT2D eigenvalue weighted by Gasteiger charge is 2.11. The molecule has 0 bridgehead atoms. The predicted molar refractivity (Wildman–Crippen MR) is 47.7 cm³/mol. The van der Waals surface area contributed by atoms with Crippen molar-refractivity contribution in [1.29, 1.82) is 0 Å². The van der Waals surface area contributed by atoms with Gasteiger partial charge in [0.1, 0.15) is 11.5 Å². The Hall–Kier alpha value is -0.880. The van der Waals surface area contributed by atoms with Crippen LogP contribution in [0.3, 0.4) is 0 Å². The number of sulfone groups is 1. The molecule has 2 N–H and O–H groups in total. The van der Waals surface area contributed by atoms with Gasteiger partial charge in [0.2, 0.25) is 5.89 Å². The molecule has 0 aliphatic heterocycles. The van der Waals surface area contributed by atoms with E-state index < -0.39 is 9.84 Å². The first kappa shape index (κ1) is 10.2. The first-order chi connectivity index (χ1) is 5.88. The van der Waals surface area contributed by atoms with Crippen LogP contribution in [0.4, 0.5) is 0 Å². The summed E-state index contributed by atoms with van der Waals surface area (Å²) in [5, 5.41) is 0. The fourth-order valence-electron chi connectivity index (χ4n) is 0.858. The minimum absolute atomic E-state index is 0.132. The van der Waals surface area contributed by atoms with E-state index in [9.17, 15) is 8.42 Å². The monoisotopic (exact) mass is 204 g/mol. The van der Waals surface area contributed by atoms with Gasteiger partial charge < -0.3 is 10.2 Å². The standard InChI is InChI=1S/C7H12N2O3S/c1-5(8)7-9-3-6(12-7)4-13(2,10)11/h3,5H,4,8H2,1-2H3. The van der Waals surface area contributed by atoms with Crippen molar-refractivity contribution in [2.45, 2.75) is 18.7 Å². The Bertz CT molecular complexity index is 380. The van der Waals surface area contributed by atoms with E-state index in [1.165, 1.54) is 6.20 Å². The van der Waals surface area contributed by atoms with Crippen molar-refractivity contribution in [3.05, 3.63) is 17.8 Å². The Balaban J connectivity index is 2.81. The summed E-state index contributed by atoms with van der Waals surface area (Å²) in [6.07, 6.45) is 2.53. The van der Waals surface area contributed by atoms with E-state index in [2.05, 4.69) is 4.98 Å². The summed E-state index contributed by atoms with van der Waals surface area (Å²) < 4.78 is 26.8. The van der Waals surface area contributed by atoms with Gasteiger partial charge in [-0.1, -0.05) is 0 Å². The Morgan fingerprint density at radius 3 is 2.69 bits per heavy atom. The topological polar surface area (TPSA) is 86.2 Å². The van der Waals surface area contributed by atoms with Crippen molar-refractivity contribution in [2.24, 2.45) is 5.73 Å². The molecule has 1 heterocycles. The molecular weight excluding hydrogens is 192 g/mol. The van der Waals surface area contributed by atoms with Gasteiger partial charge in [-0.3, -0.25) is 0 Å². The molecule has 1 atom stereocenters. The molecule has 0 aliphatic carbocycles. The molecule has 0 aromatic carbocycles. The molecule has 1 rings (SSSR count). The van der Waals surface area contributed by atoms with Crippen molar-refractivity contribution in [3.63, 3.8) is 0 Å². The lowest BCUT2D eigenvalue weighted by Gasteiger charge is -1.96. The second kappa shape index (κ2) is 3.47. The van der Waals surface area contributed by atoms with Crippen molar-refractivity contribution < 1.29 is 12.8 Å². The van der Waals surface area contributed by atoms with Crippen LogP contribution in [-0.4, -0.2) is 19.7 Å². The van der Waals surface area contributed by atoms with Gasteiger partial charge in [-0.25, -0.2) is 13.4 Å². The van der Waals surface area contributed by atoms with E-state index >= 15 is 0 Å². The van der Waals surface area contributed by atoms with Gasteiger partial charge >= 0.3 is 0 Å². The second-order valence-corrected chi connectivity index (χ2v) is 5.16. The van der Waals surface area contributed by atoms with E-state index in [4.69, 9.17) is 10.2 Å². The third kappa shape index (κ3) is 3.16. The lowest BCUT2D eigenvalue weighted by molar-refractivity contribution is 0.439. The minimum atomic E-state index is -3.06. The van der Waals surface area contributed by atoms with Gasteiger partial charge in [0.15, 0.2) is 9.84 Å². The molecule has 0 saturated carbocycles. The van der Waals surface area contributed by atoms with Crippen LogP contribution < -0.4 is 5.73 Å². The average molecular weight is 204 g/mol. The molecule has 1 aromatic heterocycles. The molecule has 74 valence electrons. The van der Waals surface area contributed by atoms with E-state index in [-0.39, 0.29) is 11.8 Å². The first-order valence-electron chi connectivity index (χ1n) is 3.76. The molecule has 0 fully saturated rings. The molecule has 0 saturated heterocycles. The molecular formula is C7H12N2O3S. The third-order valence-corrected chi connectivity index (χ3v) is 2.17. The van der Waals surface area contributed by atoms with Gasteiger partial charge in [-0.15, -0.1) is 0 Å². The van der Waals surface area contributed by atoms with Crippen LogP contribution >= 0.6 is 0 Å². The molecule has 13 heavy (non-hydrogen) atoms. The van der Waals surface area contributed by atoms with E-state index in [0.29, 0.717) is 11.7 Å². The van der Waals surface area contributed by atoms with E-state index in [1.807, 2.05) is 0 Å². The Morgan fingerprint density at radius 1 is 1.69 bits per heavy atom. The molecule has 0 aliphatic rings. The smallest absolute Gasteiger partial charge is 0.211 e. The second-order valence-electron chi connectivity index (χ2n) is 3.02. The summed E-state index contributed by atoms with van der Waals surface area (Å²) in [4.78, 5) is 3.84. The summed E-state index contributed by atoms with van der Waals surface area (Å²) in [6.45, 7) is 1.72. The van der Waals surface area contributed by atoms with Crippen molar-refractivity contribution >= 4 is 9.84 Å². The van der Waals surface area contributed by atoms with Crippen LogP contribution in [0.15, 0.2) is 10.6 Å². The van der Waals surface area contributed by atoms with E-state index in [1.54, 1.807) is 6.92 Å². The summed E-state index contributed by atoms with van der Waals surface area (Å²) in [5.74, 6) is 0.556. The molecule has 5 nitrogen and oxygen atoms in total. The van der Waals surface area contributed by atoms with Crippen LogP contribution in [0.5, 0.6) is 0 Å². The van der Waals surface area contributed by atoms with Gasteiger partial charge in [-0.2, -0.15) is 0 Å². The molecule has 0 radical (unpaired) electrons. The molecule has 0 amide bonds. The minimum Gasteiger partial charge on any atom is -0.443 e. The lowest BCUT2D eigenvalue weighted by atomic mass is 10.4. The third-order valence-electron chi connectivity index (χ3n) is 1.37. The Labute approximate surface area is 76.9 Å². The zero-order chi connectivity index (χ0) is 10.1. The fourth-order valence-corrected chi connectivity index (χ4v) is 1.51. The summed E-state index contributed by atoms with van der Waals surface area (Å²) in [7, 11) is -3.06. The molecule has 1 aromatic rings. The van der Waals surface area contributed by atoms with Crippen LogP contribution in [0.1, 0.15) is 24.6 Å². The quantitative estimate of drug-likeness (QED) is 0.762. The lowest BCUT2D eigenvalue weighted by Crippen LogP contribution is -2.04. The van der Waals surface area contributed by atoms with Crippen LogP contribution in [-0.2, 0) is 15.6 Å². The normalized spacial score (nSPS) is 14.4. The highest BCUT2D eigenvalue weighted by Crippen LogP contribution is 2.11. The van der Waals surface area contributed by atoms with Crippen LogP contribution in [0.2, 0.25) is 0 Å². The van der Waals surface area contributed by atoms with Crippen LogP contribution in [0.25, 0.3) is 0 Å². The maximum Gasteiger partial charge on any atom is 0.211 e. The molecule has 0 spiro atoms. The Kier molecular flexibility index (Phi) is 2.72. The van der Waals surface area contributed by atoms with Crippen molar-refractivity contribution in [1.82, 2.24) is 4.98 Å². The summed E-state index contributed by atoms with van der Waals surface area (Å²) >= 11 is 0. The highest BCUT2D eigenvalue weighted by atomic mass is 32.2. The first-order valence-corrected chi connectivity index (χ1v) is 5.82. The van der Waals surface area contributed by atoms with Gasteiger partial charge in [0, 0.05) is 6.26 Å². The fraction of sp³-hybridized carbons (Fsp3) is 0.571. The number of hydrogen-bond acceptors (Lipinski definition) is 5. The number of rotatable bonds is 3. The maximum atomic E-state index is 10.9. The zero-order valence-corrected chi connectivity index (χ0v) is 8.34. The maximum absolute atomic E-state index is 10.9. The van der Waals surface area contributed by atoms with Crippen molar-refractivity contribution in [3.8, 4) is 0 Å². The number of aromatic nitrogens is 1. The summed E-state index contributed by atoms with van der Waals surface area (Å²) in [6, 6.07) is -0.312. The number of nitrogens with zero attached hydrogens (tertiary/aromatic N) is 1. The zero-order valence-electron chi connectivity index (χ0n) is 7.52. The van der Waals surface area contributed by atoms with Crippen molar-refractivity contribution in [2.75, 3.05) is 6.26 Å². The largest absolute Gasteiger partial charge is 0.443 e.